The monoisotopic (exact) mass is 293 g/mol. The van der Waals surface area contributed by atoms with E-state index < -0.39 is 0 Å². The third-order valence-corrected chi connectivity index (χ3v) is 0.990. The van der Waals surface area contributed by atoms with Crippen LogP contribution in [0.1, 0.15) is 44.4 Å². The molecule has 0 aliphatic carbocycles. The Bertz CT molecular complexity index is 142. The molecular weight excluding hydrogens is 270 g/mol. The van der Waals surface area contributed by atoms with Crippen molar-refractivity contribution < 1.29 is 2.85 Å². The molecule has 0 rings (SSSR count). The second kappa shape index (κ2) is 5.80. The molecule has 0 aliphatic rings. The summed E-state index contributed by atoms with van der Waals surface area (Å²) >= 11 is 0. The van der Waals surface area contributed by atoms with Gasteiger partial charge in [-0.15, -0.1) is 11.1 Å². The van der Waals surface area contributed by atoms with Gasteiger partial charge in [-0.05, 0) is 0 Å². The maximum absolute atomic E-state index is 4.29. The van der Waals surface area contributed by atoms with E-state index >= 15 is 0 Å². The van der Waals surface area contributed by atoms with Crippen molar-refractivity contribution in [2.45, 2.75) is 52.6 Å². The van der Waals surface area contributed by atoms with Crippen LogP contribution in [0.4, 0.5) is 0 Å². The van der Waals surface area contributed by atoms with Gasteiger partial charge < -0.3 is 10.6 Å². The Kier molecular flexibility index (Phi) is 6.97. The Morgan fingerprint density at radius 2 is 1.00 bits per heavy atom. The maximum atomic E-state index is 4.29. The first-order valence-electron chi connectivity index (χ1n) is 4.30. The van der Waals surface area contributed by atoms with Gasteiger partial charge in [-0.1, -0.05) is 41.5 Å². The van der Waals surface area contributed by atoms with Crippen LogP contribution in [0.15, 0.2) is 12.4 Å². The van der Waals surface area contributed by atoms with Gasteiger partial charge in [0.2, 0.25) is 0 Å². The summed E-state index contributed by atoms with van der Waals surface area (Å²) in [6, 6.07) is 0. The van der Waals surface area contributed by atoms with Gasteiger partial charge in [0.15, 0.2) is 0 Å². The fourth-order valence-electron chi connectivity index (χ4n) is 0.514. The smallest absolute Gasteiger partial charge is 0.687 e. The van der Waals surface area contributed by atoms with Crippen LogP contribution < -0.4 is 0 Å². The van der Waals surface area contributed by atoms with E-state index in [-0.39, 0.29) is 38.4 Å². The number of hydrogen-bond acceptors (Lipinski definition) is 0. The van der Waals surface area contributed by atoms with E-state index in [1.165, 1.54) is 0 Å². The van der Waals surface area contributed by atoms with Crippen LogP contribution in [-0.4, -0.2) is 35.5 Å². The predicted molar refractivity (Wildman–Crippen MR) is 65.3 cm³/mol. The minimum absolute atomic E-state index is 0. The van der Waals surface area contributed by atoms with Gasteiger partial charge >= 0.3 is 24.4 Å². The topological polar surface area (TPSA) is 28.2 Å². The Morgan fingerprint density at radius 1 is 0.769 bits per heavy atom. The van der Waals surface area contributed by atoms with E-state index in [4.69, 9.17) is 0 Å². The second-order valence-corrected chi connectivity index (χ2v) is 4.90. The molecule has 0 saturated carbocycles. The molecule has 78 valence electrons. The van der Waals surface area contributed by atoms with E-state index in [0.29, 0.717) is 0 Å². The zero-order valence-electron chi connectivity index (χ0n) is 9.50. The first-order valence-corrected chi connectivity index (χ1v) is 4.30. The molecule has 0 aromatic rings. The van der Waals surface area contributed by atoms with Crippen molar-refractivity contribution in [1.82, 2.24) is 0 Å². The van der Waals surface area contributed by atoms with Crippen molar-refractivity contribution >= 4 is 24.4 Å². The number of hydrogen-bond donors (Lipinski definition) is 0. The molecule has 2 nitrogen and oxygen atoms in total. The van der Waals surface area contributed by atoms with Crippen LogP contribution in [0, 0.1) is 0 Å². The molecule has 0 fully saturated rings. The molecule has 0 bridgehead atoms. The molecular formula is C10H24N2Sb+. The summed E-state index contributed by atoms with van der Waals surface area (Å²) in [6.07, 6.45) is 3.54. The molecule has 0 saturated heterocycles. The van der Waals surface area contributed by atoms with Gasteiger partial charge in [0.25, 0.3) is 0 Å². The molecule has 0 spiro atoms. The molecule has 0 aromatic heterocycles. The maximum Gasteiger partial charge on any atom is 3.00 e. The van der Waals surface area contributed by atoms with Gasteiger partial charge in [-0.25, -0.2) is 12.4 Å². The SMILES string of the molecule is CC(C)(C)[N-]/C=C\[N-]C(C)(C)C.[HH].[HH].[Sb+3]. The van der Waals surface area contributed by atoms with Gasteiger partial charge in [0.05, 0.1) is 0 Å². The molecule has 0 amide bonds. The zero-order valence-corrected chi connectivity index (χ0v) is 12.0. The average molecular weight is 294 g/mol. The fraction of sp³-hybridized carbons (Fsp3) is 0.800. The molecule has 0 aromatic carbocycles. The Labute approximate surface area is 103 Å². The number of nitrogens with zero attached hydrogens (tertiary/aromatic N) is 2. The summed E-state index contributed by atoms with van der Waals surface area (Å²) in [4.78, 5) is 0. The summed E-state index contributed by atoms with van der Waals surface area (Å²) in [5.41, 5.74) is 0.00775. The van der Waals surface area contributed by atoms with Gasteiger partial charge in [0.1, 0.15) is 0 Å². The first kappa shape index (κ1) is 15.6. The van der Waals surface area contributed by atoms with E-state index in [9.17, 15) is 0 Å². The Hall–Kier alpha value is 0.158. The fourth-order valence-corrected chi connectivity index (χ4v) is 0.514. The normalized spacial score (nSPS) is 12.5. The largest absolute Gasteiger partial charge is 3.00 e. The van der Waals surface area contributed by atoms with Crippen LogP contribution in [0.3, 0.4) is 0 Å². The zero-order chi connectivity index (χ0) is 9.83. The molecule has 2 radical (unpaired) electrons. The molecule has 0 heterocycles. The summed E-state index contributed by atoms with van der Waals surface area (Å²) in [5.74, 6) is 0. The van der Waals surface area contributed by atoms with E-state index in [0.717, 1.165) is 0 Å². The minimum atomic E-state index is 0. The van der Waals surface area contributed by atoms with Gasteiger partial charge in [-0.3, -0.25) is 0 Å². The van der Waals surface area contributed by atoms with Crippen molar-refractivity contribution in [3.8, 4) is 0 Å². The Balaban J connectivity index is -0.000000202. The van der Waals surface area contributed by atoms with Crippen LogP contribution in [-0.2, 0) is 0 Å². The van der Waals surface area contributed by atoms with Crippen LogP contribution >= 0.6 is 0 Å². The van der Waals surface area contributed by atoms with E-state index in [1.54, 1.807) is 12.4 Å². The van der Waals surface area contributed by atoms with E-state index in [1.807, 2.05) is 0 Å². The third-order valence-electron chi connectivity index (χ3n) is 0.990. The van der Waals surface area contributed by atoms with Crippen molar-refractivity contribution in [3.05, 3.63) is 23.0 Å². The predicted octanol–water partition coefficient (Wildman–Crippen LogP) is 3.91. The Morgan fingerprint density at radius 3 is 1.15 bits per heavy atom. The quantitative estimate of drug-likeness (QED) is 0.691. The second-order valence-electron chi connectivity index (χ2n) is 4.90. The molecule has 0 N–H and O–H groups in total. The average Bonchev–Trinajstić information content (AvgIpc) is 1.76. The summed E-state index contributed by atoms with van der Waals surface area (Å²) in [5, 5.41) is 8.57. The summed E-state index contributed by atoms with van der Waals surface area (Å²) < 4.78 is 0. The van der Waals surface area contributed by atoms with Crippen molar-refractivity contribution in [2.75, 3.05) is 0 Å². The first-order chi connectivity index (χ1) is 5.21. The number of rotatable bonds is 2. The standard InChI is InChI=1S/C10H20N2.Sb.2H2/c1-9(2,3)11-7-8-12-10(4,5)6;;;/h7-8H,1-6H3;;2*1H/q-2;+3;;/b8-7-;;;. The molecule has 13 heavy (non-hydrogen) atoms. The summed E-state index contributed by atoms with van der Waals surface area (Å²) in [7, 11) is 0. The van der Waals surface area contributed by atoms with Crippen molar-refractivity contribution in [3.63, 3.8) is 0 Å². The minimum Gasteiger partial charge on any atom is -0.687 e. The van der Waals surface area contributed by atoms with Gasteiger partial charge in [-0.2, -0.15) is 0 Å². The summed E-state index contributed by atoms with van der Waals surface area (Å²) in [6.45, 7) is 12.4. The molecule has 3 heteroatoms. The van der Waals surface area contributed by atoms with Crippen molar-refractivity contribution in [2.24, 2.45) is 0 Å². The van der Waals surface area contributed by atoms with Gasteiger partial charge in [0, 0.05) is 2.85 Å². The van der Waals surface area contributed by atoms with E-state index in [2.05, 4.69) is 52.2 Å². The molecule has 0 aliphatic heterocycles. The molecule has 0 unspecified atom stereocenters. The van der Waals surface area contributed by atoms with Crippen LogP contribution in [0.2, 0.25) is 0 Å². The van der Waals surface area contributed by atoms with Crippen LogP contribution in [0.5, 0.6) is 0 Å². The van der Waals surface area contributed by atoms with Crippen LogP contribution in [0.25, 0.3) is 10.6 Å². The third kappa shape index (κ3) is 15.0. The van der Waals surface area contributed by atoms with Crippen molar-refractivity contribution in [1.29, 1.82) is 0 Å². The molecule has 0 atom stereocenters.